The highest BCUT2D eigenvalue weighted by Gasteiger charge is 2.07. The third-order valence-corrected chi connectivity index (χ3v) is 4.72. The van der Waals surface area contributed by atoms with E-state index in [1.165, 1.54) is 51.4 Å². The molecule has 144 valence electrons. The Balaban J connectivity index is 3.40. The van der Waals surface area contributed by atoms with Gasteiger partial charge in [-0.05, 0) is 37.5 Å². The average Bonchev–Trinajstić information content (AvgIpc) is 2.56. The molecule has 24 heavy (non-hydrogen) atoms. The standard InChI is InChI=1S/C21H42O3/c1-5-7-9-13-19(3)15-11-17-23-21(22)24-18-12-16-20(4)14-10-8-6-2/h19-20H,5-18H2,1-4H3. The van der Waals surface area contributed by atoms with Crippen LogP contribution in [0, 0.1) is 11.8 Å². The lowest BCUT2D eigenvalue weighted by atomic mass is 9.98. The van der Waals surface area contributed by atoms with Crippen molar-refractivity contribution in [2.75, 3.05) is 13.2 Å². The van der Waals surface area contributed by atoms with Crippen LogP contribution in [-0.2, 0) is 9.47 Å². The SMILES string of the molecule is CCCCCC(C)CCCOC(=O)OCCCC(C)CCCCC. The number of hydrogen-bond acceptors (Lipinski definition) is 3. The van der Waals surface area contributed by atoms with Crippen molar-refractivity contribution in [1.82, 2.24) is 0 Å². The molecule has 0 saturated carbocycles. The normalized spacial score (nSPS) is 13.5. The molecule has 0 aromatic heterocycles. The van der Waals surface area contributed by atoms with Gasteiger partial charge in [-0.3, -0.25) is 0 Å². The van der Waals surface area contributed by atoms with Gasteiger partial charge in [0.1, 0.15) is 0 Å². The van der Waals surface area contributed by atoms with Crippen molar-refractivity contribution >= 4 is 6.16 Å². The second-order valence-corrected chi connectivity index (χ2v) is 7.43. The van der Waals surface area contributed by atoms with Gasteiger partial charge in [-0.2, -0.15) is 0 Å². The quantitative estimate of drug-likeness (QED) is 0.221. The molecule has 0 amide bonds. The minimum atomic E-state index is -0.493. The molecule has 0 fully saturated rings. The van der Waals surface area contributed by atoms with Gasteiger partial charge in [0.25, 0.3) is 0 Å². The molecule has 3 nitrogen and oxygen atoms in total. The van der Waals surface area contributed by atoms with E-state index in [0.29, 0.717) is 13.2 Å². The summed E-state index contributed by atoms with van der Waals surface area (Å²) in [4.78, 5) is 11.5. The predicted octanol–water partition coefficient (Wildman–Crippen LogP) is 7.13. The Morgan fingerprint density at radius 2 is 1.04 bits per heavy atom. The van der Waals surface area contributed by atoms with E-state index in [1.807, 2.05) is 0 Å². The van der Waals surface area contributed by atoms with E-state index in [9.17, 15) is 4.79 Å². The molecule has 0 bridgehead atoms. The third kappa shape index (κ3) is 16.1. The molecule has 0 N–H and O–H groups in total. The first-order valence-corrected chi connectivity index (χ1v) is 10.4. The van der Waals surface area contributed by atoms with E-state index >= 15 is 0 Å². The summed E-state index contributed by atoms with van der Waals surface area (Å²) in [5.74, 6) is 1.45. The molecular formula is C21H42O3. The van der Waals surface area contributed by atoms with Crippen LogP contribution in [0.25, 0.3) is 0 Å². The van der Waals surface area contributed by atoms with Gasteiger partial charge < -0.3 is 9.47 Å². The van der Waals surface area contributed by atoms with Crippen molar-refractivity contribution in [3.8, 4) is 0 Å². The third-order valence-electron chi connectivity index (χ3n) is 4.72. The van der Waals surface area contributed by atoms with Crippen molar-refractivity contribution in [3.05, 3.63) is 0 Å². The maximum Gasteiger partial charge on any atom is 0.508 e. The molecular weight excluding hydrogens is 300 g/mol. The fraction of sp³-hybridized carbons (Fsp3) is 0.952. The van der Waals surface area contributed by atoms with Gasteiger partial charge in [-0.15, -0.1) is 0 Å². The smallest absolute Gasteiger partial charge is 0.434 e. The maximum absolute atomic E-state index is 11.5. The second kappa shape index (κ2) is 17.1. The molecule has 3 heteroatoms. The minimum Gasteiger partial charge on any atom is -0.434 e. The van der Waals surface area contributed by atoms with Crippen molar-refractivity contribution in [2.24, 2.45) is 11.8 Å². The Morgan fingerprint density at radius 3 is 1.42 bits per heavy atom. The molecule has 0 aliphatic heterocycles. The highest BCUT2D eigenvalue weighted by molar-refractivity contribution is 5.59. The molecule has 2 atom stereocenters. The van der Waals surface area contributed by atoms with Crippen molar-refractivity contribution in [2.45, 2.75) is 105 Å². The first kappa shape index (κ1) is 23.3. The highest BCUT2D eigenvalue weighted by atomic mass is 16.7. The Morgan fingerprint density at radius 1 is 0.667 bits per heavy atom. The Bertz CT molecular complexity index is 252. The summed E-state index contributed by atoms with van der Waals surface area (Å²) < 4.78 is 10.3. The van der Waals surface area contributed by atoms with Crippen molar-refractivity contribution in [3.63, 3.8) is 0 Å². The fourth-order valence-electron chi connectivity index (χ4n) is 2.99. The van der Waals surface area contributed by atoms with Gasteiger partial charge in [-0.25, -0.2) is 4.79 Å². The Kier molecular flexibility index (Phi) is 16.6. The minimum absolute atomic E-state index is 0.490. The van der Waals surface area contributed by atoms with E-state index in [2.05, 4.69) is 27.7 Å². The first-order valence-electron chi connectivity index (χ1n) is 10.4. The zero-order chi connectivity index (χ0) is 18.0. The number of unbranched alkanes of at least 4 members (excludes halogenated alkanes) is 4. The van der Waals surface area contributed by atoms with Crippen LogP contribution < -0.4 is 0 Å². The molecule has 0 radical (unpaired) electrons. The molecule has 0 rings (SSSR count). The van der Waals surface area contributed by atoms with Gasteiger partial charge in [-0.1, -0.05) is 79.1 Å². The number of rotatable bonds is 16. The lowest BCUT2D eigenvalue weighted by Crippen LogP contribution is -2.11. The molecule has 0 aliphatic carbocycles. The van der Waals surface area contributed by atoms with Gasteiger partial charge in [0.05, 0.1) is 13.2 Å². The van der Waals surface area contributed by atoms with Crippen LogP contribution in [0.4, 0.5) is 4.79 Å². The first-order chi connectivity index (χ1) is 11.6. The molecule has 0 saturated heterocycles. The Labute approximate surface area is 150 Å². The second-order valence-electron chi connectivity index (χ2n) is 7.43. The van der Waals surface area contributed by atoms with Crippen LogP contribution in [0.1, 0.15) is 105 Å². The summed E-state index contributed by atoms with van der Waals surface area (Å²) in [6, 6.07) is 0. The zero-order valence-electron chi connectivity index (χ0n) is 16.8. The van der Waals surface area contributed by atoms with Crippen LogP contribution in [-0.4, -0.2) is 19.4 Å². The summed E-state index contributed by atoms with van der Waals surface area (Å²) in [6.45, 7) is 10.0. The molecule has 0 heterocycles. The summed E-state index contributed by atoms with van der Waals surface area (Å²) >= 11 is 0. The monoisotopic (exact) mass is 342 g/mol. The topological polar surface area (TPSA) is 35.5 Å². The van der Waals surface area contributed by atoms with E-state index in [-0.39, 0.29) is 0 Å². The summed E-state index contributed by atoms with van der Waals surface area (Å²) in [5, 5.41) is 0. The van der Waals surface area contributed by atoms with Crippen LogP contribution >= 0.6 is 0 Å². The number of carbonyl (C=O) groups excluding carboxylic acids is 1. The van der Waals surface area contributed by atoms with E-state index in [1.54, 1.807) is 0 Å². The maximum atomic E-state index is 11.5. The van der Waals surface area contributed by atoms with Gasteiger partial charge in [0.2, 0.25) is 0 Å². The van der Waals surface area contributed by atoms with E-state index in [0.717, 1.165) is 37.5 Å². The molecule has 2 unspecified atom stereocenters. The van der Waals surface area contributed by atoms with E-state index in [4.69, 9.17) is 9.47 Å². The van der Waals surface area contributed by atoms with Crippen LogP contribution in [0.5, 0.6) is 0 Å². The zero-order valence-corrected chi connectivity index (χ0v) is 16.8. The number of carbonyl (C=O) groups is 1. The summed E-state index contributed by atoms with van der Waals surface area (Å²) in [5.41, 5.74) is 0. The van der Waals surface area contributed by atoms with Crippen LogP contribution in [0.3, 0.4) is 0 Å². The van der Waals surface area contributed by atoms with Crippen LogP contribution in [0.15, 0.2) is 0 Å². The largest absolute Gasteiger partial charge is 0.508 e. The lowest BCUT2D eigenvalue weighted by molar-refractivity contribution is 0.0515. The van der Waals surface area contributed by atoms with Gasteiger partial charge in [0.15, 0.2) is 0 Å². The van der Waals surface area contributed by atoms with E-state index < -0.39 is 6.16 Å². The fourth-order valence-corrected chi connectivity index (χ4v) is 2.99. The highest BCUT2D eigenvalue weighted by Crippen LogP contribution is 2.16. The molecule has 0 spiro atoms. The lowest BCUT2D eigenvalue weighted by Gasteiger charge is -2.12. The number of hydrogen-bond donors (Lipinski definition) is 0. The molecule has 0 aromatic carbocycles. The van der Waals surface area contributed by atoms with Crippen molar-refractivity contribution in [1.29, 1.82) is 0 Å². The number of ether oxygens (including phenoxy) is 2. The van der Waals surface area contributed by atoms with Crippen LogP contribution in [0.2, 0.25) is 0 Å². The van der Waals surface area contributed by atoms with Gasteiger partial charge >= 0.3 is 6.16 Å². The Hall–Kier alpha value is -0.730. The molecule has 0 aromatic rings. The summed E-state index contributed by atoms with van der Waals surface area (Å²) in [6.07, 6.45) is 14.1. The average molecular weight is 343 g/mol. The predicted molar refractivity (Wildman–Crippen MR) is 102 cm³/mol. The molecule has 0 aliphatic rings. The van der Waals surface area contributed by atoms with Crippen molar-refractivity contribution < 1.29 is 14.3 Å². The summed E-state index contributed by atoms with van der Waals surface area (Å²) in [7, 11) is 0. The van der Waals surface area contributed by atoms with Gasteiger partial charge in [0, 0.05) is 0 Å².